The number of piperazine rings is 1. The van der Waals surface area contributed by atoms with Crippen LogP contribution in [0.1, 0.15) is 26.7 Å². The van der Waals surface area contributed by atoms with Gasteiger partial charge in [0.2, 0.25) is 0 Å². The molecule has 1 aliphatic carbocycles. The summed E-state index contributed by atoms with van der Waals surface area (Å²) in [6, 6.07) is 12.2. The van der Waals surface area contributed by atoms with E-state index >= 15 is 4.39 Å². The summed E-state index contributed by atoms with van der Waals surface area (Å²) in [6.45, 7) is 4.58. The standard InChI is InChI=1S/C27H27F2N5O4S2/c1-18(2)39(35,36)20-7-9-21(10-8-20)40(37,38)34-23-5-3-4-22(29)25(23)26(31-34)33-15-14-32(17-27(33)12-13-27)24-11-6-19(28)16-30-24/h3-11,16,18H,12-15,17H2,1-2H3. The Morgan fingerprint density at radius 3 is 2.23 bits per heavy atom. The van der Waals surface area contributed by atoms with Crippen LogP contribution >= 0.6 is 0 Å². The molecular formula is C27H27F2N5O4S2. The second-order valence-corrected chi connectivity index (χ2v) is 14.8. The van der Waals surface area contributed by atoms with Crippen molar-refractivity contribution in [3.63, 3.8) is 0 Å². The summed E-state index contributed by atoms with van der Waals surface area (Å²) in [7, 11) is -7.88. The smallest absolute Gasteiger partial charge is 0.283 e. The van der Waals surface area contributed by atoms with Gasteiger partial charge < -0.3 is 9.80 Å². The van der Waals surface area contributed by atoms with Crippen molar-refractivity contribution in [1.82, 2.24) is 14.2 Å². The van der Waals surface area contributed by atoms with Crippen molar-refractivity contribution in [3.05, 3.63) is 72.4 Å². The van der Waals surface area contributed by atoms with E-state index in [0.29, 0.717) is 25.5 Å². The third-order valence-corrected chi connectivity index (χ3v) is 11.4. The number of hydrogen-bond acceptors (Lipinski definition) is 8. The summed E-state index contributed by atoms with van der Waals surface area (Å²) in [5.74, 6) is -0.140. The second kappa shape index (κ2) is 9.23. The molecule has 1 aliphatic heterocycles. The largest absolute Gasteiger partial charge is 0.352 e. The predicted molar refractivity (Wildman–Crippen MR) is 147 cm³/mol. The minimum atomic E-state index is -4.30. The van der Waals surface area contributed by atoms with E-state index in [2.05, 4.69) is 10.1 Å². The number of rotatable bonds is 6. The topological polar surface area (TPSA) is 105 Å². The van der Waals surface area contributed by atoms with E-state index in [-0.39, 0.29) is 32.1 Å². The zero-order chi connectivity index (χ0) is 28.4. The van der Waals surface area contributed by atoms with Crippen LogP contribution in [0.3, 0.4) is 0 Å². The van der Waals surface area contributed by atoms with Gasteiger partial charge >= 0.3 is 0 Å². The van der Waals surface area contributed by atoms with E-state index in [1.165, 1.54) is 54.7 Å². The minimum Gasteiger partial charge on any atom is -0.352 e. The fraction of sp³-hybridized carbons (Fsp3) is 0.333. The highest BCUT2D eigenvalue weighted by Crippen LogP contribution is 2.48. The van der Waals surface area contributed by atoms with Crippen molar-refractivity contribution < 1.29 is 25.6 Å². The van der Waals surface area contributed by atoms with Gasteiger partial charge in [0, 0.05) is 19.6 Å². The minimum absolute atomic E-state index is 0.0164. The Kier molecular flexibility index (Phi) is 6.15. The molecule has 1 saturated heterocycles. The highest BCUT2D eigenvalue weighted by molar-refractivity contribution is 7.92. The van der Waals surface area contributed by atoms with Gasteiger partial charge in [-0.1, -0.05) is 6.07 Å². The van der Waals surface area contributed by atoms with Crippen molar-refractivity contribution in [1.29, 1.82) is 0 Å². The lowest BCUT2D eigenvalue weighted by atomic mass is 10.1. The molecule has 3 heterocycles. The van der Waals surface area contributed by atoms with Gasteiger partial charge in [-0.25, -0.2) is 22.2 Å². The molecule has 40 heavy (non-hydrogen) atoms. The Labute approximate surface area is 231 Å². The number of anilines is 2. The predicted octanol–water partition coefficient (Wildman–Crippen LogP) is 3.99. The number of nitrogens with zero attached hydrogens (tertiary/aromatic N) is 5. The Balaban J connectivity index is 1.39. The van der Waals surface area contributed by atoms with E-state index in [9.17, 15) is 21.2 Å². The van der Waals surface area contributed by atoms with E-state index in [4.69, 9.17) is 0 Å². The Bertz CT molecular complexity index is 1820. The molecular weight excluding hydrogens is 560 g/mol. The first kappa shape index (κ1) is 26.6. The second-order valence-electron chi connectivity index (χ2n) is 10.5. The molecule has 4 aromatic rings. The monoisotopic (exact) mass is 587 g/mol. The van der Waals surface area contributed by atoms with Crippen molar-refractivity contribution in [2.45, 2.75) is 47.3 Å². The van der Waals surface area contributed by atoms with E-state index in [1.807, 2.05) is 9.80 Å². The average Bonchev–Trinajstić information content (AvgIpc) is 3.57. The molecule has 2 aromatic carbocycles. The lowest BCUT2D eigenvalue weighted by molar-refractivity contribution is 0.500. The van der Waals surface area contributed by atoms with Crippen LogP contribution in [0.15, 0.2) is 70.6 Å². The zero-order valence-electron chi connectivity index (χ0n) is 21.8. The van der Waals surface area contributed by atoms with Crippen LogP contribution in [0.5, 0.6) is 0 Å². The molecule has 0 bridgehead atoms. The highest BCUT2D eigenvalue weighted by atomic mass is 32.2. The quantitative estimate of drug-likeness (QED) is 0.334. The molecule has 0 unspecified atom stereocenters. The van der Waals surface area contributed by atoms with E-state index < -0.39 is 36.7 Å². The maximum Gasteiger partial charge on any atom is 0.283 e. The Morgan fingerprint density at radius 2 is 1.60 bits per heavy atom. The van der Waals surface area contributed by atoms with Gasteiger partial charge in [-0.15, -0.1) is 5.10 Å². The third kappa shape index (κ3) is 4.22. The number of halogens is 2. The maximum absolute atomic E-state index is 15.3. The molecule has 2 fully saturated rings. The van der Waals surface area contributed by atoms with Crippen LogP contribution in [0.2, 0.25) is 0 Å². The number of hydrogen-bond donors (Lipinski definition) is 0. The molecule has 210 valence electrons. The van der Waals surface area contributed by atoms with Crippen LogP contribution < -0.4 is 9.80 Å². The molecule has 2 aromatic heterocycles. The van der Waals surface area contributed by atoms with Crippen LogP contribution in [-0.2, 0) is 19.9 Å². The third-order valence-electron chi connectivity index (χ3n) is 7.68. The molecule has 0 radical (unpaired) electrons. The summed E-state index contributed by atoms with van der Waals surface area (Å²) in [6.07, 6.45) is 2.76. The van der Waals surface area contributed by atoms with Crippen LogP contribution in [0, 0.1) is 11.6 Å². The molecule has 0 N–H and O–H groups in total. The molecule has 13 heteroatoms. The maximum atomic E-state index is 15.3. The fourth-order valence-corrected chi connectivity index (χ4v) is 7.60. The van der Waals surface area contributed by atoms with E-state index in [0.717, 1.165) is 16.9 Å². The first-order chi connectivity index (χ1) is 18.9. The molecule has 0 amide bonds. The molecule has 0 atom stereocenters. The zero-order valence-corrected chi connectivity index (χ0v) is 23.5. The van der Waals surface area contributed by atoms with Crippen LogP contribution in [0.4, 0.5) is 20.4 Å². The lowest BCUT2D eigenvalue weighted by Crippen LogP contribution is -2.55. The molecule has 1 spiro atoms. The molecule has 2 aliphatic rings. The number of sulfone groups is 1. The summed E-state index contributed by atoms with van der Waals surface area (Å²) in [5.41, 5.74) is -0.299. The summed E-state index contributed by atoms with van der Waals surface area (Å²) in [5, 5.41) is 3.92. The Hall–Kier alpha value is -3.58. The number of benzene rings is 2. The SMILES string of the molecule is CC(C)S(=O)(=O)c1ccc(S(=O)(=O)n2nc(N3CCN(c4ccc(F)cn4)CC34CC4)c3c(F)cccc32)cc1. The molecule has 9 nitrogen and oxygen atoms in total. The molecule has 1 saturated carbocycles. The van der Waals surface area contributed by atoms with Crippen molar-refractivity contribution in [2.75, 3.05) is 29.4 Å². The van der Waals surface area contributed by atoms with Gasteiger partial charge in [0.25, 0.3) is 10.0 Å². The fourth-order valence-electron chi connectivity index (χ4n) is 5.26. The Morgan fingerprint density at radius 1 is 0.900 bits per heavy atom. The normalized spacial score (nSPS) is 17.2. The molecule has 6 rings (SSSR count). The summed E-state index contributed by atoms with van der Waals surface area (Å²) >= 11 is 0. The highest BCUT2D eigenvalue weighted by Gasteiger charge is 2.53. The lowest BCUT2D eigenvalue weighted by Gasteiger charge is -2.43. The van der Waals surface area contributed by atoms with Crippen LogP contribution in [-0.4, -0.2) is 61.4 Å². The van der Waals surface area contributed by atoms with Gasteiger partial charge in [-0.05, 0) is 75.2 Å². The van der Waals surface area contributed by atoms with Gasteiger partial charge in [-0.2, -0.15) is 12.5 Å². The summed E-state index contributed by atoms with van der Waals surface area (Å²) in [4.78, 5) is 8.07. The van der Waals surface area contributed by atoms with E-state index in [1.54, 1.807) is 19.9 Å². The number of fused-ring (bicyclic) bond motifs is 1. The van der Waals surface area contributed by atoms with Crippen molar-refractivity contribution in [2.24, 2.45) is 0 Å². The van der Waals surface area contributed by atoms with Gasteiger partial charge in [0.1, 0.15) is 17.5 Å². The van der Waals surface area contributed by atoms with Crippen molar-refractivity contribution in [3.8, 4) is 0 Å². The number of pyridine rings is 1. The average molecular weight is 588 g/mol. The first-order valence-corrected chi connectivity index (χ1v) is 15.8. The van der Waals surface area contributed by atoms with Gasteiger partial charge in [0.05, 0.1) is 37.7 Å². The number of aromatic nitrogens is 3. The van der Waals surface area contributed by atoms with Crippen LogP contribution in [0.25, 0.3) is 10.9 Å². The van der Waals surface area contributed by atoms with Crippen molar-refractivity contribution >= 4 is 42.4 Å². The van der Waals surface area contributed by atoms with Gasteiger partial charge in [0.15, 0.2) is 15.7 Å². The first-order valence-electron chi connectivity index (χ1n) is 12.8. The summed E-state index contributed by atoms with van der Waals surface area (Å²) < 4.78 is 82.1. The van der Waals surface area contributed by atoms with Gasteiger partial charge in [-0.3, -0.25) is 0 Å².